The first-order valence-electron chi connectivity index (χ1n) is 9.78. The van der Waals surface area contributed by atoms with Gasteiger partial charge in [0.15, 0.2) is 5.82 Å². The van der Waals surface area contributed by atoms with Crippen LogP contribution in [0.3, 0.4) is 0 Å². The first-order valence-corrected chi connectivity index (χ1v) is 9.78. The summed E-state index contributed by atoms with van der Waals surface area (Å²) in [5, 5.41) is 19.5. The highest BCUT2D eigenvalue weighted by molar-refractivity contribution is 6.01. The summed E-state index contributed by atoms with van der Waals surface area (Å²) in [6, 6.07) is 11.1. The number of amidine groups is 2. The highest BCUT2D eigenvalue weighted by atomic mass is 16.1. The van der Waals surface area contributed by atoms with Gasteiger partial charge < -0.3 is 4.90 Å². The standard InChI is InChI=1S/C20H22N8O/c21-16-12-26(8-9-27(16)18(22)13-6-7-13)11-15-10-17(29)28-20(23-15)24-19(25-28)14-4-2-1-3-5-14/h1-5,10,13,21-22H,6-9,11-12H2,(H,23,24,25). The largest absolute Gasteiger partial charge is 0.316 e. The van der Waals surface area contributed by atoms with E-state index < -0.39 is 0 Å². The fourth-order valence-electron chi connectivity index (χ4n) is 3.69. The first-order chi connectivity index (χ1) is 14.1. The maximum atomic E-state index is 12.5. The smallest absolute Gasteiger partial charge is 0.274 e. The number of fused-ring (bicyclic) bond motifs is 1. The molecule has 2 aliphatic rings. The van der Waals surface area contributed by atoms with Crippen molar-refractivity contribution in [1.29, 1.82) is 10.8 Å². The van der Waals surface area contributed by atoms with Crippen LogP contribution in [0, 0.1) is 16.7 Å². The van der Waals surface area contributed by atoms with Crippen molar-refractivity contribution in [3.63, 3.8) is 0 Å². The monoisotopic (exact) mass is 390 g/mol. The van der Waals surface area contributed by atoms with Crippen LogP contribution in [0.1, 0.15) is 18.5 Å². The van der Waals surface area contributed by atoms with Gasteiger partial charge in [-0.1, -0.05) is 30.3 Å². The van der Waals surface area contributed by atoms with E-state index in [1.807, 2.05) is 35.2 Å². The molecule has 0 amide bonds. The summed E-state index contributed by atoms with van der Waals surface area (Å²) in [6.07, 6.45) is 2.13. The molecule has 9 heteroatoms. The molecule has 0 unspecified atom stereocenters. The first kappa shape index (κ1) is 17.7. The predicted molar refractivity (Wildman–Crippen MR) is 109 cm³/mol. The van der Waals surface area contributed by atoms with E-state index in [1.54, 1.807) is 0 Å². The molecule has 0 atom stereocenters. The third-order valence-corrected chi connectivity index (χ3v) is 5.41. The number of hydrogen-bond donors (Lipinski definition) is 3. The lowest BCUT2D eigenvalue weighted by molar-refractivity contribution is 0.250. The predicted octanol–water partition coefficient (Wildman–Crippen LogP) is 1.57. The Morgan fingerprint density at radius 3 is 2.69 bits per heavy atom. The Kier molecular flexibility index (Phi) is 4.24. The van der Waals surface area contributed by atoms with Crippen LogP contribution in [0.5, 0.6) is 0 Å². The molecule has 5 rings (SSSR count). The number of H-pyrrole nitrogens is 1. The number of benzene rings is 1. The van der Waals surface area contributed by atoms with E-state index in [1.165, 1.54) is 10.6 Å². The van der Waals surface area contributed by atoms with Crippen molar-refractivity contribution in [3.05, 3.63) is 52.4 Å². The van der Waals surface area contributed by atoms with Gasteiger partial charge in [-0.25, -0.2) is 4.98 Å². The number of aromatic amines is 1. The number of nitrogens with one attached hydrogen (secondary N) is 3. The Labute approximate surface area is 167 Å². The summed E-state index contributed by atoms with van der Waals surface area (Å²) in [5.74, 6) is 2.30. The van der Waals surface area contributed by atoms with Crippen molar-refractivity contribution in [1.82, 2.24) is 29.4 Å². The van der Waals surface area contributed by atoms with Crippen LogP contribution in [-0.2, 0) is 6.54 Å². The number of nitrogens with zero attached hydrogens (tertiary/aromatic N) is 5. The van der Waals surface area contributed by atoms with Crippen molar-refractivity contribution in [2.75, 3.05) is 19.6 Å². The fraction of sp³-hybridized carbons (Fsp3) is 0.350. The third-order valence-electron chi connectivity index (χ3n) is 5.41. The zero-order valence-electron chi connectivity index (χ0n) is 15.9. The number of rotatable bonds is 4. The van der Waals surface area contributed by atoms with Gasteiger partial charge >= 0.3 is 0 Å². The molecular formula is C20H22N8O. The minimum atomic E-state index is -0.205. The van der Waals surface area contributed by atoms with E-state index >= 15 is 0 Å². The Morgan fingerprint density at radius 1 is 1.17 bits per heavy atom. The van der Waals surface area contributed by atoms with Gasteiger partial charge in [-0.3, -0.25) is 25.6 Å². The zero-order chi connectivity index (χ0) is 20.0. The second-order valence-corrected chi connectivity index (χ2v) is 7.63. The van der Waals surface area contributed by atoms with Crippen LogP contribution in [0.15, 0.2) is 41.2 Å². The van der Waals surface area contributed by atoms with Gasteiger partial charge in [0, 0.05) is 37.2 Å². The van der Waals surface area contributed by atoms with E-state index in [0.717, 1.165) is 24.9 Å². The van der Waals surface area contributed by atoms with E-state index in [4.69, 9.17) is 10.8 Å². The topological polar surface area (TPSA) is 117 Å². The van der Waals surface area contributed by atoms with Crippen LogP contribution in [0.25, 0.3) is 17.2 Å². The molecule has 1 saturated heterocycles. The highest BCUT2D eigenvalue weighted by Gasteiger charge is 2.34. The molecule has 3 heterocycles. The second-order valence-electron chi connectivity index (χ2n) is 7.63. The van der Waals surface area contributed by atoms with Gasteiger partial charge in [-0.2, -0.15) is 9.50 Å². The lowest BCUT2D eigenvalue weighted by Crippen LogP contribution is -2.52. The van der Waals surface area contributed by atoms with Crippen molar-refractivity contribution < 1.29 is 0 Å². The van der Waals surface area contributed by atoms with Gasteiger partial charge in [0.25, 0.3) is 11.3 Å². The molecule has 9 nitrogen and oxygen atoms in total. The van der Waals surface area contributed by atoms with Crippen LogP contribution < -0.4 is 5.56 Å². The Balaban J connectivity index is 1.34. The molecular weight excluding hydrogens is 368 g/mol. The van der Waals surface area contributed by atoms with E-state index in [9.17, 15) is 4.79 Å². The van der Waals surface area contributed by atoms with E-state index in [-0.39, 0.29) is 5.56 Å². The number of piperazine rings is 1. The van der Waals surface area contributed by atoms with Gasteiger partial charge in [0.1, 0.15) is 11.7 Å². The Bertz CT molecular complexity index is 1140. The van der Waals surface area contributed by atoms with Gasteiger partial charge in [0.05, 0.1) is 12.2 Å². The van der Waals surface area contributed by atoms with Crippen LogP contribution in [0.2, 0.25) is 0 Å². The molecule has 1 saturated carbocycles. The molecule has 148 valence electrons. The minimum Gasteiger partial charge on any atom is -0.316 e. The molecule has 0 radical (unpaired) electrons. The molecule has 2 aromatic heterocycles. The maximum Gasteiger partial charge on any atom is 0.274 e. The molecule has 3 N–H and O–H groups in total. The zero-order valence-corrected chi connectivity index (χ0v) is 15.9. The summed E-state index contributed by atoms with van der Waals surface area (Å²) in [4.78, 5) is 25.5. The summed E-state index contributed by atoms with van der Waals surface area (Å²) in [7, 11) is 0. The fourth-order valence-corrected chi connectivity index (χ4v) is 3.69. The average Bonchev–Trinajstić information content (AvgIpc) is 3.47. The molecule has 0 bridgehead atoms. The van der Waals surface area contributed by atoms with Gasteiger partial charge in [-0.05, 0) is 12.8 Å². The van der Waals surface area contributed by atoms with Crippen molar-refractivity contribution in [2.24, 2.45) is 5.92 Å². The Hall–Kier alpha value is -3.33. The molecule has 0 spiro atoms. The lowest BCUT2D eigenvalue weighted by atomic mass is 10.2. The van der Waals surface area contributed by atoms with E-state index in [2.05, 4.69) is 20.0 Å². The highest BCUT2D eigenvalue weighted by Crippen LogP contribution is 2.31. The van der Waals surface area contributed by atoms with Crippen molar-refractivity contribution in [2.45, 2.75) is 19.4 Å². The van der Waals surface area contributed by atoms with Crippen molar-refractivity contribution >= 4 is 17.4 Å². The maximum absolute atomic E-state index is 12.5. The van der Waals surface area contributed by atoms with Gasteiger partial charge in [-0.15, -0.1) is 0 Å². The molecule has 2 fully saturated rings. The normalized spacial score (nSPS) is 17.8. The summed E-state index contributed by atoms with van der Waals surface area (Å²) in [6.45, 7) is 2.29. The second kappa shape index (κ2) is 6.93. The molecule has 3 aromatic rings. The summed E-state index contributed by atoms with van der Waals surface area (Å²) in [5.41, 5.74) is 1.32. The number of aromatic nitrogens is 4. The Morgan fingerprint density at radius 2 is 1.97 bits per heavy atom. The lowest BCUT2D eigenvalue weighted by Gasteiger charge is -2.36. The third kappa shape index (κ3) is 3.44. The van der Waals surface area contributed by atoms with Crippen molar-refractivity contribution in [3.8, 4) is 11.4 Å². The summed E-state index contributed by atoms with van der Waals surface area (Å²) < 4.78 is 1.35. The average molecular weight is 390 g/mol. The van der Waals surface area contributed by atoms with Crippen LogP contribution in [0.4, 0.5) is 0 Å². The molecule has 1 aromatic carbocycles. The SMILES string of the molecule is N=C1CN(Cc2cc(=O)n3[nH]c(-c4ccccc4)nc3n2)CCN1C(=N)C1CC1. The summed E-state index contributed by atoms with van der Waals surface area (Å²) >= 11 is 0. The van der Waals surface area contributed by atoms with E-state index in [0.29, 0.717) is 54.5 Å². The number of hydrogen-bond acceptors (Lipinski definition) is 6. The van der Waals surface area contributed by atoms with Gasteiger partial charge in [0.2, 0.25) is 0 Å². The molecule has 29 heavy (non-hydrogen) atoms. The molecule has 1 aliphatic carbocycles. The molecule has 1 aliphatic heterocycles. The quantitative estimate of drug-likeness (QED) is 0.462. The minimum absolute atomic E-state index is 0.205. The van der Waals surface area contributed by atoms with Crippen LogP contribution >= 0.6 is 0 Å². The van der Waals surface area contributed by atoms with Crippen LogP contribution in [-0.4, -0.2) is 60.7 Å².